The van der Waals surface area contributed by atoms with Gasteiger partial charge in [-0.2, -0.15) is 0 Å². The summed E-state index contributed by atoms with van der Waals surface area (Å²) < 4.78 is 0. The lowest BCUT2D eigenvalue weighted by Gasteiger charge is -2.25. The van der Waals surface area contributed by atoms with Gasteiger partial charge in [-0.3, -0.25) is 4.79 Å². The van der Waals surface area contributed by atoms with Crippen molar-refractivity contribution in [2.75, 3.05) is 31.9 Å². The zero-order chi connectivity index (χ0) is 15.6. The molecule has 3 aliphatic rings. The molecule has 0 spiro atoms. The van der Waals surface area contributed by atoms with E-state index < -0.39 is 0 Å². The minimum absolute atomic E-state index is 0.135. The van der Waals surface area contributed by atoms with Crippen molar-refractivity contribution in [3.63, 3.8) is 0 Å². The molecule has 3 heterocycles. The van der Waals surface area contributed by atoms with Crippen LogP contribution in [0.25, 0.3) is 0 Å². The molecule has 3 aliphatic heterocycles. The second-order valence-corrected chi connectivity index (χ2v) is 8.95. The van der Waals surface area contributed by atoms with Crippen LogP contribution in [0.15, 0.2) is 11.0 Å². The predicted octanol–water partition coefficient (Wildman–Crippen LogP) is 3.27. The Bertz CT molecular complexity index is 440. The van der Waals surface area contributed by atoms with Gasteiger partial charge in [-0.15, -0.1) is 11.8 Å². The highest BCUT2D eigenvalue weighted by molar-refractivity contribution is 8.03. The van der Waals surface area contributed by atoms with Crippen molar-refractivity contribution in [2.45, 2.75) is 46.0 Å². The van der Waals surface area contributed by atoms with Crippen LogP contribution in [0.5, 0.6) is 0 Å². The van der Waals surface area contributed by atoms with Crippen LogP contribution >= 0.6 is 11.8 Å². The first-order valence-electron chi connectivity index (χ1n) is 8.89. The molecule has 3 rings (SSSR count). The molecule has 1 amide bonds. The van der Waals surface area contributed by atoms with Crippen molar-refractivity contribution in [1.29, 1.82) is 0 Å². The molecule has 0 aromatic carbocycles. The van der Waals surface area contributed by atoms with Gasteiger partial charge >= 0.3 is 0 Å². The van der Waals surface area contributed by atoms with Gasteiger partial charge in [0.25, 0.3) is 0 Å². The highest BCUT2D eigenvalue weighted by atomic mass is 32.2. The minimum Gasteiger partial charge on any atom is -0.342 e. The van der Waals surface area contributed by atoms with Gasteiger partial charge in [0, 0.05) is 18.8 Å². The van der Waals surface area contributed by atoms with Crippen LogP contribution in [0.1, 0.15) is 46.0 Å². The average Bonchev–Trinajstić information content (AvgIpc) is 2.93. The molecule has 2 saturated heterocycles. The molecular weight excluding hydrogens is 292 g/mol. The highest BCUT2D eigenvalue weighted by Gasteiger charge is 2.32. The van der Waals surface area contributed by atoms with Crippen LogP contribution in [-0.4, -0.2) is 42.7 Å². The van der Waals surface area contributed by atoms with Gasteiger partial charge in [-0.05, 0) is 61.4 Å². The fraction of sp³-hybridized carbons (Fsp3) is 0.833. The number of carbonyl (C=O) groups excluding carboxylic acids is 1. The van der Waals surface area contributed by atoms with E-state index in [0.29, 0.717) is 17.2 Å². The molecule has 0 radical (unpaired) electrons. The maximum Gasteiger partial charge on any atom is 0.230 e. The molecule has 124 valence electrons. The van der Waals surface area contributed by atoms with Gasteiger partial charge in [0.2, 0.25) is 5.91 Å². The second kappa shape index (κ2) is 6.96. The van der Waals surface area contributed by atoms with Crippen molar-refractivity contribution in [2.24, 2.45) is 17.3 Å². The van der Waals surface area contributed by atoms with Gasteiger partial charge in [0.1, 0.15) is 0 Å². The van der Waals surface area contributed by atoms with Crippen LogP contribution < -0.4 is 5.32 Å². The third kappa shape index (κ3) is 3.88. The second-order valence-electron chi connectivity index (χ2n) is 7.85. The Hall–Kier alpha value is -0.480. The molecule has 0 aliphatic carbocycles. The van der Waals surface area contributed by atoms with E-state index in [4.69, 9.17) is 0 Å². The van der Waals surface area contributed by atoms with E-state index >= 15 is 0 Å². The van der Waals surface area contributed by atoms with Crippen LogP contribution in [-0.2, 0) is 4.79 Å². The Balaban J connectivity index is 1.59. The standard InChI is InChI=1S/C18H30N2OS/c1-18(2)6-3-10-20(11-7-18)17(21)15-12-16(22-13-15)14-4-8-19-9-5-14/h12,14-15,19H,3-11,13H2,1-2H3. The lowest BCUT2D eigenvalue weighted by atomic mass is 9.85. The van der Waals surface area contributed by atoms with E-state index in [9.17, 15) is 4.79 Å². The highest BCUT2D eigenvalue weighted by Crippen LogP contribution is 2.39. The molecule has 1 atom stereocenters. The van der Waals surface area contributed by atoms with E-state index in [-0.39, 0.29) is 5.92 Å². The maximum absolute atomic E-state index is 12.8. The van der Waals surface area contributed by atoms with E-state index in [0.717, 1.165) is 44.8 Å². The fourth-order valence-electron chi connectivity index (χ4n) is 3.86. The summed E-state index contributed by atoms with van der Waals surface area (Å²) in [6.45, 7) is 8.83. The first-order valence-corrected chi connectivity index (χ1v) is 9.88. The van der Waals surface area contributed by atoms with Crippen LogP contribution in [0, 0.1) is 17.3 Å². The number of carbonyl (C=O) groups is 1. The molecule has 1 N–H and O–H groups in total. The summed E-state index contributed by atoms with van der Waals surface area (Å²) >= 11 is 1.94. The summed E-state index contributed by atoms with van der Waals surface area (Å²) in [6, 6.07) is 0. The lowest BCUT2D eigenvalue weighted by molar-refractivity contribution is -0.133. The van der Waals surface area contributed by atoms with Gasteiger partial charge in [-0.1, -0.05) is 19.9 Å². The van der Waals surface area contributed by atoms with Crippen molar-refractivity contribution >= 4 is 17.7 Å². The number of thioether (sulfide) groups is 1. The van der Waals surface area contributed by atoms with E-state index in [2.05, 4.69) is 30.1 Å². The van der Waals surface area contributed by atoms with E-state index in [1.54, 1.807) is 0 Å². The summed E-state index contributed by atoms with van der Waals surface area (Å²) in [5.74, 6) is 2.19. The van der Waals surface area contributed by atoms with Crippen molar-refractivity contribution in [3.05, 3.63) is 11.0 Å². The smallest absolute Gasteiger partial charge is 0.230 e. The van der Waals surface area contributed by atoms with Crippen LogP contribution in [0.4, 0.5) is 0 Å². The Morgan fingerprint density at radius 1 is 1.27 bits per heavy atom. The quantitative estimate of drug-likeness (QED) is 0.847. The van der Waals surface area contributed by atoms with Crippen molar-refractivity contribution in [3.8, 4) is 0 Å². The van der Waals surface area contributed by atoms with Gasteiger partial charge in [-0.25, -0.2) is 0 Å². The monoisotopic (exact) mass is 322 g/mol. The number of likely N-dealkylation sites (tertiary alicyclic amines) is 1. The minimum atomic E-state index is 0.135. The maximum atomic E-state index is 12.8. The third-order valence-corrected chi connectivity index (χ3v) is 6.83. The number of rotatable bonds is 2. The fourth-order valence-corrected chi connectivity index (χ4v) is 5.20. The van der Waals surface area contributed by atoms with Gasteiger partial charge in [0.05, 0.1) is 5.92 Å². The van der Waals surface area contributed by atoms with E-state index in [1.807, 2.05) is 11.8 Å². The largest absolute Gasteiger partial charge is 0.342 e. The molecule has 3 nitrogen and oxygen atoms in total. The zero-order valence-electron chi connectivity index (χ0n) is 14.1. The number of hydrogen-bond donors (Lipinski definition) is 1. The molecule has 1 unspecified atom stereocenters. The first-order chi connectivity index (χ1) is 10.6. The normalized spacial score (nSPS) is 30.0. The predicted molar refractivity (Wildman–Crippen MR) is 93.8 cm³/mol. The first kappa shape index (κ1) is 16.4. The Morgan fingerprint density at radius 2 is 2.05 bits per heavy atom. The number of hydrogen-bond acceptors (Lipinski definition) is 3. The summed E-state index contributed by atoms with van der Waals surface area (Å²) in [4.78, 5) is 16.5. The van der Waals surface area contributed by atoms with Gasteiger partial charge in [0.15, 0.2) is 0 Å². The number of allylic oxidation sites excluding steroid dienone is 1. The Kier molecular flexibility index (Phi) is 5.18. The molecular formula is C18H30N2OS. The summed E-state index contributed by atoms with van der Waals surface area (Å²) in [5, 5.41) is 3.43. The van der Waals surface area contributed by atoms with E-state index in [1.165, 1.54) is 24.2 Å². The Morgan fingerprint density at radius 3 is 2.82 bits per heavy atom. The summed E-state index contributed by atoms with van der Waals surface area (Å²) in [6.07, 6.45) is 8.31. The Labute approximate surface area is 139 Å². The van der Waals surface area contributed by atoms with Crippen LogP contribution in [0.3, 0.4) is 0 Å². The molecule has 0 saturated carbocycles. The number of nitrogens with zero attached hydrogens (tertiary/aromatic N) is 1. The molecule has 4 heteroatoms. The molecule has 0 bridgehead atoms. The third-order valence-electron chi connectivity index (χ3n) is 5.51. The topological polar surface area (TPSA) is 32.3 Å². The lowest BCUT2D eigenvalue weighted by Crippen LogP contribution is -2.36. The molecule has 2 fully saturated rings. The summed E-state index contributed by atoms with van der Waals surface area (Å²) in [7, 11) is 0. The molecule has 0 aromatic rings. The SMILES string of the molecule is CC1(C)CCCN(C(=O)C2C=C(C3CCNCC3)SC2)CC1. The molecule has 0 aromatic heterocycles. The number of amides is 1. The van der Waals surface area contributed by atoms with Crippen LogP contribution in [0.2, 0.25) is 0 Å². The average molecular weight is 323 g/mol. The summed E-state index contributed by atoms with van der Waals surface area (Å²) in [5.41, 5.74) is 0.398. The van der Waals surface area contributed by atoms with Crippen molar-refractivity contribution < 1.29 is 4.79 Å². The number of piperidine rings is 1. The zero-order valence-corrected chi connectivity index (χ0v) is 14.9. The number of nitrogens with one attached hydrogen (secondary N) is 1. The van der Waals surface area contributed by atoms with Crippen molar-refractivity contribution in [1.82, 2.24) is 10.2 Å². The van der Waals surface area contributed by atoms with Gasteiger partial charge < -0.3 is 10.2 Å². The molecule has 22 heavy (non-hydrogen) atoms.